The molecule has 2 aromatic carbocycles. The lowest BCUT2D eigenvalue weighted by molar-refractivity contribution is -0.148. The molecule has 0 aliphatic carbocycles. The van der Waals surface area contributed by atoms with Crippen LogP contribution in [0.25, 0.3) is 6.08 Å². The van der Waals surface area contributed by atoms with Crippen LogP contribution in [0.4, 0.5) is 5.69 Å². The first-order valence-electron chi connectivity index (χ1n) is 8.72. The fraction of sp³-hybridized carbons (Fsp3) is 0.273. The third-order valence-corrected chi connectivity index (χ3v) is 3.99. The van der Waals surface area contributed by atoms with E-state index in [-0.39, 0.29) is 11.8 Å². The molecule has 0 aliphatic heterocycles. The lowest BCUT2D eigenvalue weighted by atomic mass is 10.0. The maximum atomic E-state index is 12.3. The van der Waals surface area contributed by atoms with Gasteiger partial charge >= 0.3 is 5.97 Å². The van der Waals surface area contributed by atoms with Gasteiger partial charge in [-0.25, -0.2) is 4.79 Å². The molecule has 1 atom stereocenters. The largest absolute Gasteiger partial charge is 0.449 e. The second-order valence-corrected chi connectivity index (χ2v) is 6.55. The number of anilines is 1. The quantitative estimate of drug-likeness (QED) is 0.606. The lowest BCUT2D eigenvalue weighted by Crippen LogP contribution is -2.29. The van der Waals surface area contributed by atoms with E-state index in [9.17, 15) is 9.59 Å². The first kappa shape index (κ1) is 19.4. The first-order valence-corrected chi connectivity index (χ1v) is 8.72. The molecule has 0 bridgehead atoms. The van der Waals surface area contributed by atoms with Gasteiger partial charge in [-0.1, -0.05) is 61.9 Å². The molecule has 0 heterocycles. The van der Waals surface area contributed by atoms with Crippen molar-refractivity contribution in [1.82, 2.24) is 0 Å². The van der Waals surface area contributed by atoms with E-state index >= 15 is 0 Å². The summed E-state index contributed by atoms with van der Waals surface area (Å²) in [5.74, 6) is -0.623. The van der Waals surface area contributed by atoms with E-state index < -0.39 is 12.1 Å². The van der Waals surface area contributed by atoms with E-state index in [2.05, 4.69) is 19.2 Å². The molecule has 1 N–H and O–H groups in total. The molecule has 0 radical (unpaired) electrons. The summed E-state index contributed by atoms with van der Waals surface area (Å²) in [6.45, 7) is 7.68. The van der Waals surface area contributed by atoms with Gasteiger partial charge in [-0.05, 0) is 43.0 Å². The lowest BCUT2D eigenvalue weighted by Gasteiger charge is -2.16. The number of carbonyl (C=O) groups is 2. The predicted molar refractivity (Wildman–Crippen MR) is 105 cm³/mol. The molecule has 4 heteroatoms. The molecule has 0 aromatic heterocycles. The molecule has 0 fully saturated rings. The van der Waals surface area contributed by atoms with Gasteiger partial charge in [-0.2, -0.15) is 0 Å². The summed E-state index contributed by atoms with van der Waals surface area (Å²) < 4.78 is 5.19. The third kappa shape index (κ3) is 5.59. The van der Waals surface area contributed by atoms with Crippen molar-refractivity contribution in [2.45, 2.75) is 39.7 Å². The zero-order chi connectivity index (χ0) is 19.1. The molecular formula is C22H25NO3. The highest BCUT2D eigenvalue weighted by atomic mass is 16.5. The van der Waals surface area contributed by atoms with Gasteiger partial charge in [0, 0.05) is 11.8 Å². The van der Waals surface area contributed by atoms with Crippen molar-refractivity contribution < 1.29 is 14.3 Å². The van der Waals surface area contributed by atoms with Gasteiger partial charge in [0.25, 0.3) is 5.91 Å². The number of carbonyl (C=O) groups excluding carboxylic acids is 2. The Kier molecular flexibility index (Phi) is 6.73. The molecule has 0 spiro atoms. The van der Waals surface area contributed by atoms with Crippen LogP contribution in [-0.4, -0.2) is 18.0 Å². The van der Waals surface area contributed by atoms with Crippen LogP contribution < -0.4 is 5.32 Å². The maximum absolute atomic E-state index is 12.3. The number of nitrogens with one attached hydrogen (secondary N) is 1. The van der Waals surface area contributed by atoms with E-state index in [1.165, 1.54) is 6.08 Å². The highest BCUT2D eigenvalue weighted by Gasteiger charge is 2.18. The van der Waals surface area contributed by atoms with Crippen LogP contribution in [0.2, 0.25) is 0 Å². The maximum Gasteiger partial charge on any atom is 0.331 e. The number of rotatable bonds is 6. The van der Waals surface area contributed by atoms with Crippen molar-refractivity contribution in [3.63, 3.8) is 0 Å². The van der Waals surface area contributed by atoms with Gasteiger partial charge in [0.05, 0.1) is 0 Å². The molecule has 2 aromatic rings. The Hall–Kier alpha value is -2.88. The monoisotopic (exact) mass is 351 g/mol. The van der Waals surface area contributed by atoms with E-state index in [0.717, 1.165) is 22.4 Å². The van der Waals surface area contributed by atoms with Crippen molar-refractivity contribution in [2.24, 2.45) is 0 Å². The van der Waals surface area contributed by atoms with E-state index in [0.29, 0.717) is 0 Å². The molecule has 2 rings (SSSR count). The van der Waals surface area contributed by atoms with Crippen molar-refractivity contribution in [3.8, 4) is 0 Å². The first-order chi connectivity index (χ1) is 12.4. The normalized spacial score (nSPS) is 12.2. The third-order valence-electron chi connectivity index (χ3n) is 3.99. The SMILES string of the molecule is Cc1ccc(/C=C/C(=O)O[C@@H](C)C(=O)Nc2ccccc2C(C)C)cc1. The molecule has 0 aliphatic rings. The van der Waals surface area contributed by atoms with Crippen LogP contribution in [0, 0.1) is 6.92 Å². The second kappa shape index (κ2) is 8.99. The predicted octanol–water partition coefficient (Wildman–Crippen LogP) is 4.70. The second-order valence-electron chi connectivity index (χ2n) is 6.55. The topological polar surface area (TPSA) is 55.4 Å². The number of hydrogen-bond acceptors (Lipinski definition) is 3. The summed E-state index contributed by atoms with van der Waals surface area (Å²) in [7, 11) is 0. The summed E-state index contributed by atoms with van der Waals surface area (Å²) in [5.41, 5.74) is 3.83. The van der Waals surface area contributed by atoms with E-state index in [1.54, 1.807) is 13.0 Å². The van der Waals surface area contributed by atoms with Crippen LogP contribution in [0.5, 0.6) is 0 Å². The average Bonchev–Trinajstić information content (AvgIpc) is 2.61. The van der Waals surface area contributed by atoms with Crippen LogP contribution in [-0.2, 0) is 14.3 Å². The van der Waals surface area contributed by atoms with Gasteiger partial charge in [0.1, 0.15) is 0 Å². The van der Waals surface area contributed by atoms with Crippen molar-refractivity contribution in [3.05, 3.63) is 71.3 Å². The number of esters is 1. The van der Waals surface area contributed by atoms with Crippen molar-refractivity contribution in [1.29, 1.82) is 0 Å². The summed E-state index contributed by atoms with van der Waals surface area (Å²) in [6, 6.07) is 15.4. The molecule has 0 unspecified atom stereocenters. The Bertz CT molecular complexity index is 791. The molecule has 136 valence electrons. The fourth-order valence-electron chi connectivity index (χ4n) is 2.46. The standard InChI is InChI=1S/C22H25NO3/c1-15(2)19-7-5-6-8-20(19)23-22(25)17(4)26-21(24)14-13-18-11-9-16(3)10-12-18/h5-15,17H,1-4H3,(H,23,25)/b14-13+/t17-/m0/s1. The number of hydrogen-bond donors (Lipinski definition) is 1. The minimum absolute atomic E-state index is 0.279. The number of amides is 1. The number of aryl methyl sites for hydroxylation is 1. The molecule has 4 nitrogen and oxygen atoms in total. The van der Waals surface area contributed by atoms with Gasteiger partial charge in [0.15, 0.2) is 6.10 Å². The van der Waals surface area contributed by atoms with E-state index in [4.69, 9.17) is 4.74 Å². The summed E-state index contributed by atoms with van der Waals surface area (Å²) in [5, 5.41) is 2.84. The van der Waals surface area contributed by atoms with Gasteiger partial charge < -0.3 is 10.1 Å². The van der Waals surface area contributed by atoms with Gasteiger partial charge in [-0.3, -0.25) is 4.79 Å². The molecule has 26 heavy (non-hydrogen) atoms. The molecular weight excluding hydrogens is 326 g/mol. The Labute approximate surface area is 154 Å². The fourth-order valence-corrected chi connectivity index (χ4v) is 2.46. The minimum Gasteiger partial charge on any atom is -0.449 e. The minimum atomic E-state index is -0.884. The number of ether oxygens (including phenoxy) is 1. The van der Waals surface area contributed by atoms with Crippen LogP contribution >= 0.6 is 0 Å². The molecule has 0 saturated carbocycles. The molecule has 0 saturated heterocycles. The van der Waals surface area contributed by atoms with Crippen molar-refractivity contribution in [2.75, 3.05) is 5.32 Å². The Balaban J connectivity index is 1.94. The summed E-state index contributed by atoms with van der Waals surface area (Å²) >= 11 is 0. The van der Waals surface area contributed by atoms with Crippen molar-refractivity contribution >= 4 is 23.6 Å². The van der Waals surface area contributed by atoms with Crippen LogP contribution in [0.1, 0.15) is 43.4 Å². The van der Waals surface area contributed by atoms with Gasteiger partial charge in [-0.15, -0.1) is 0 Å². The smallest absolute Gasteiger partial charge is 0.331 e. The zero-order valence-electron chi connectivity index (χ0n) is 15.7. The summed E-state index contributed by atoms with van der Waals surface area (Å²) in [4.78, 5) is 24.3. The summed E-state index contributed by atoms with van der Waals surface area (Å²) in [6.07, 6.45) is 2.11. The van der Waals surface area contributed by atoms with Crippen LogP contribution in [0.15, 0.2) is 54.6 Å². The average molecular weight is 351 g/mol. The zero-order valence-corrected chi connectivity index (χ0v) is 15.7. The number of para-hydroxylation sites is 1. The highest BCUT2D eigenvalue weighted by Crippen LogP contribution is 2.23. The Morgan fingerprint density at radius 1 is 1.00 bits per heavy atom. The van der Waals surface area contributed by atoms with Crippen LogP contribution in [0.3, 0.4) is 0 Å². The molecule has 1 amide bonds. The van der Waals surface area contributed by atoms with E-state index in [1.807, 2.05) is 55.5 Å². The Morgan fingerprint density at radius 2 is 1.65 bits per heavy atom. The Morgan fingerprint density at radius 3 is 2.31 bits per heavy atom. The van der Waals surface area contributed by atoms with Gasteiger partial charge in [0.2, 0.25) is 0 Å². The number of benzene rings is 2. The highest BCUT2D eigenvalue weighted by molar-refractivity contribution is 5.97.